The first-order chi connectivity index (χ1) is 10.3. The highest BCUT2D eigenvalue weighted by molar-refractivity contribution is 14.0. The van der Waals surface area contributed by atoms with Crippen LogP contribution in [-0.2, 0) is 19.4 Å². The predicted octanol–water partition coefficient (Wildman–Crippen LogP) is 2.91. The minimum Gasteiger partial charge on any atom is -0.370 e. The molecule has 0 amide bonds. The Morgan fingerprint density at radius 2 is 1.86 bits per heavy atom. The Balaban J connectivity index is 0.00000242. The van der Waals surface area contributed by atoms with Gasteiger partial charge < -0.3 is 11.1 Å². The third-order valence-corrected chi connectivity index (χ3v) is 3.33. The fourth-order valence-corrected chi connectivity index (χ4v) is 2.15. The predicted molar refractivity (Wildman–Crippen MR) is 103 cm³/mol. The molecule has 0 spiro atoms. The number of nitrogens with two attached hydrogens (primary N) is 1. The molecule has 0 radical (unpaired) electrons. The summed E-state index contributed by atoms with van der Waals surface area (Å²) in [5.41, 5.74) is 9.50. The van der Waals surface area contributed by atoms with E-state index in [1.54, 1.807) is 6.20 Å². The van der Waals surface area contributed by atoms with E-state index in [1.807, 2.05) is 24.3 Å². The number of rotatable bonds is 6. The van der Waals surface area contributed by atoms with E-state index >= 15 is 0 Å². The molecule has 3 N–H and O–H groups in total. The summed E-state index contributed by atoms with van der Waals surface area (Å²) in [7, 11) is 0. The zero-order valence-corrected chi connectivity index (χ0v) is 15.2. The standard InChI is InChI=1S/C17H22N4.HI/c1-2-14-7-3-4-8-15(14)13-21-17(18)20-12-10-16-9-5-6-11-19-16;/h3-9,11H,2,10,12-13H2,1H3,(H3,18,20,21);1H. The average molecular weight is 410 g/mol. The van der Waals surface area contributed by atoms with Crippen molar-refractivity contribution in [2.45, 2.75) is 26.3 Å². The van der Waals surface area contributed by atoms with Gasteiger partial charge in [0.25, 0.3) is 0 Å². The average Bonchev–Trinajstić information content (AvgIpc) is 2.54. The van der Waals surface area contributed by atoms with Gasteiger partial charge in [-0.25, -0.2) is 4.99 Å². The number of hydrogen-bond donors (Lipinski definition) is 2. The van der Waals surface area contributed by atoms with Gasteiger partial charge in [-0.15, -0.1) is 24.0 Å². The molecule has 0 aliphatic carbocycles. The summed E-state index contributed by atoms with van der Waals surface area (Å²) in [5, 5.41) is 3.13. The second-order valence-corrected chi connectivity index (χ2v) is 4.82. The number of aromatic nitrogens is 1. The smallest absolute Gasteiger partial charge is 0.188 e. The van der Waals surface area contributed by atoms with E-state index in [2.05, 4.69) is 40.4 Å². The van der Waals surface area contributed by atoms with Gasteiger partial charge in [-0.2, -0.15) is 0 Å². The van der Waals surface area contributed by atoms with E-state index in [0.717, 1.165) is 25.1 Å². The van der Waals surface area contributed by atoms with Crippen molar-refractivity contribution < 1.29 is 0 Å². The van der Waals surface area contributed by atoms with Crippen molar-refractivity contribution in [1.29, 1.82) is 0 Å². The molecule has 0 fully saturated rings. The van der Waals surface area contributed by atoms with Crippen LogP contribution in [0.3, 0.4) is 0 Å². The summed E-state index contributed by atoms with van der Waals surface area (Å²) in [6.45, 7) is 3.51. The lowest BCUT2D eigenvalue weighted by molar-refractivity contribution is 0.826. The van der Waals surface area contributed by atoms with Gasteiger partial charge in [-0.3, -0.25) is 4.98 Å². The summed E-state index contributed by atoms with van der Waals surface area (Å²) >= 11 is 0. The summed E-state index contributed by atoms with van der Waals surface area (Å²) < 4.78 is 0. The fraction of sp³-hybridized carbons (Fsp3) is 0.294. The van der Waals surface area contributed by atoms with E-state index in [1.165, 1.54) is 11.1 Å². The molecule has 0 unspecified atom stereocenters. The van der Waals surface area contributed by atoms with Crippen LogP contribution < -0.4 is 11.1 Å². The van der Waals surface area contributed by atoms with Crippen LogP contribution in [0.25, 0.3) is 0 Å². The van der Waals surface area contributed by atoms with Crippen LogP contribution in [0.5, 0.6) is 0 Å². The van der Waals surface area contributed by atoms with Gasteiger partial charge in [0, 0.05) is 24.9 Å². The van der Waals surface area contributed by atoms with E-state index in [4.69, 9.17) is 5.73 Å². The molecular formula is C17H23IN4. The Kier molecular flexibility index (Phi) is 8.50. The zero-order valence-electron chi connectivity index (χ0n) is 12.8. The highest BCUT2D eigenvalue weighted by Gasteiger charge is 1.99. The second-order valence-electron chi connectivity index (χ2n) is 4.82. The molecule has 118 valence electrons. The van der Waals surface area contributed by atoms with E-state index in [9.17, 15) is 0 Å². The minimum atomic E-state index is 0. The summed E-state index contributed by atoms with van der Waals surface area (Å²) in [6, 6.07) is 14.2. The van der Waals surface area contributed by atoms with Crippen LogP contribution in [0.2, 0.25) is 0 Å². The number of nitrogens with one attached hydrogen (secondary N) is 1. The van der Waals surface area contributed by atoms with Gasteiger partial charge in [0.2, 0.25) is 0 Å². The first-order valence-corrected chi connectivity index (χ1v) is 7.30. The fourth-order valence-electron chi connectivity index (χ4n) is 2.15. The van der Waals surface area contributed by atoms with Crippen LogP contribution in [-0.4, -0.2) is 17.5 Å². The molecule has 0 aliphatic rings. The maximum absolute atomic E-state index is 5.90. The molecule has 0 saturated heterocycles. The molecule has 1 aromatic carbocycles. The van der Waals surface area contributed by atoms with Crippen LogP contribution in [0, 0.1) is 0 Å². The molecule has 5 heteroatoms. The second kappa shape index (κ2) is 10.2. The molecule has 0 aliphatic heterocycles. The molecule has 1 aromatic heterocycles. The number of pyridine rings is 1. The number of benzene rings is 1. The minimum absolute atomic E-state index is 0. The van der Waals surface area contributed by atoms with Gasteiger partial charge in [0.1, 0.15) is 0 Å². The third-order valence-electron chi connectivity index (χ3n) is 3.33. The van der Waals surface area contributed by atoms with Gasteiger partial charge in [0.05, 0.1) is 6.54 Å². The first kappa shape index (κ1) is 18.4. The molecule has 2 rings (SSSR count). The van der Waals surface area contributed by atoms with E-state index < -0.39 is 0 Å². The van der Waals surface area contributed by atoms with Crippen molar-refractivity contribution in [3.05, 3.63) is 65.5 Å². The topological polar surface area (TPSA) is 63.3 Å². The zero-order chi connectivity index (χ0) is 14.9. The Morgan fingerprint density at radius 3 is 2.55 bits per heavy atom. The highest BCUT2D eigenvalue weighted by Crippen LogP contribution is 2.10. The number of hydrogen-bond acceptors (Lipinski definition) is 2. The number of aliphatic imine (C=N–C) groups is 1. The lowest BCUT2D eigenvalue weighted by Crippen LogP contribution is -2.33. The van der Waals surface area contributed by atoms with E-state index in [0.29, 0.717) is 12.5 Å². The molecule has 0 bridgehead atoms. The van der Waals surface area contributed by atoms with Crippen LogP contribution >= 0.6 is 24.0 Å². The summed E-state index contributed by atoms with van der Waals surface area (Å²) in [4.78, 5) is 8.67. The highest BCUT2D eigenvalue weighted by atomic mass is 127. The van der Waals surface area contributed by atoms with Crippen molar-refractivity contribution in [2.24, 2.45) is 10.7 Å². The molecular weight excluding hydrogens is 387 g/mol. The van der Waals surface area contributed by atoms with Gasteiger partial charge in [-0.1, -0.05) is 37.3 Å². The van der Waals surface area contributed by atoms with Crippen LogP contribution in [0.4, 0.5) is 0 Å². The number of guanidine groups is 1. The number of nitrogens with zero attached hydrogens (tertiary/aromatic N) is 2. The molecule has 4 nitrogen and oxygen atoms in total. The van der Waals surface area contributed by atoms with Gasteiger partial charge in [0.15, 0.2) is 5.96 Å². The molecule has 22 heavy (non-hydrogen) atoms. The monoisotopic (exact) mass is 410 g/mol. The quantitative estimate of drug-likeness (QED) is 0.437. The maximum atomic E-state index is 5.90. The Hall–Kier alpha value is -1.63. The summed E-state index contributed by atoms with van der Waals surface area (Å²) in [5.74, 6) is 0.483. The van der Waals surface area contributed by atoms with Crippen molar-refractivity contribution in [2.75, 3.05) is 6.54 Å². The number of aryl methyl sites for hydroxylation is 1. The number of halogens is 1. The molecule has 0 saturated carbocycles. The normalized spacial score (nSPS) is 10.9. The van der Waals surface area contributed by atoms with Gasteiger partial charge in [-0.05, 0) is 29.7 Å². The molecule has 0 atom stereocenters. The Labute approximate surface area is 149 Å². The molecule has 1 heterocycles. The lowest BCUT2D eigenvalue weighted by atomic mass is 10.1. The third kappa shape index (κ3) is 6.01. The van der Waals surface area contributed by atoms with E-state index in [-0.39, 0.29) is 24.0 Å². The first-order valence-electron chi connectivity index (χ1n) is 7.30. The van der Waals surface area contributed by atoms with Crippen molar-refractivity contribution in [3.8, 4) is 0 Å². The molecule has 2 aromatic rings. The maximum Gasteiger partial charge on any atom is 0.188 e. The SMILES string of the molecule is CCc1ccccc1CN=C(N)NCCc1ccccn1.I. The lowest BCUT2D eigenvalue weighted by Gasteiger charge is -2.07. The Morgan fingerprint density at radius 1 is 1.14 bits per heavy atom. The van der Waals surface area contributed by atoms with Crippen molar-refractivity contribution in [1.82, 2.24) is 10.3 Å². The van der Waals surface area contributed by atoms with Gasteiger partial charge >= 0.3 is 0 Å². The largest absolute Gasteiger partial charge is 0.370 e. The van der Waals surface area contributed by atoms with Crippen LogP contribution in [0.15, 0.2) is 53.7 Å². The van der Waals surface area contributed by atoms with Crippen molar-refractivity contribution >= 4 is 29.9 Å². The summed E-state index contributed by atoms with van der Waals surface area (Å²) in [6.07, 6.45) is 3.65. The van der Waals surface area contributed by atoms with Crippen LogP contribution in [0.1, 0.15) is 23.7 Å². The Bertz CT molecular complexity index is 584. The van der Waals surface area contributed by atoms with Crippen molar-refractivity contribution in [3.63, 3.8) is 0 Å².